The Kier molecular flexibility index (Phi) is 11.0. The van der Waals surface area contributed by atoms with Gasteiger partial charge < -0.3 is 14.0 Å². The van der Waals surface area contributed by atoms with E-state index in [1.165, 1.54) is 69.7 Å². The minimum Gasteiger partial charge on any atom is -0.493 e. The molecule has 0 unspecified atom stereocenters. The molecule has 0 aliphatic rings. The highest BCUT2D eigenvalue weighted by atomic mass is 16.5. The fraction of sp³-hybridized carbons (Fsp3) is 0.500. The molecule has 0 saturated carbocycles. The van der Waals surface area contributed by atoms with Crippen LogP contribution in [0.25, 0.3) is 11.0 Å². The second kappa shape index (κ2) is 14.5. The number of hydrogen-bond acceptors (Lipinski definition) is 3. The van der Waals surface area contributed by atoms with Gasteiger partial charge in [-0.15, -0.1) is 6.58 Å². The zero-order valence-electron chi connectivity index (χ0n) is 21.2. The summed E-state index contributed by atoms with van der Waals surface area (Å²) in [5.74, 6) is 2.46. The number of benzene rings is 2. The van der Waals surface area contributed by atoms with Crippen LogP contribution in [0.15, 0.2) is 55.1 Å². The molecule has 3 rings (SSSR count). The molecule has 0 saturated heterocycles. The van der Waals surface area contributed by atoms with Gasteiger partial charge in [0, 0.05) is 6.54 Å². The third kappa shape index (κ3) is 7.65. The molecule has 0 aliphatic heterocycles. The first-order chi connectivity index (χ1) is 16.8. The van der Waals surface area contributed by atoms with E-state index in [2.05, 4.69) is 42.3 Å². The highest BCUT2D eigenvalue weighted by molar-refractivity contribution is 5.75. The molecule has 1 heterocycles. The molecule has 0 spiro atoms. The average molecular weight is 463 g/mol. The summed E-state index contributed by atoms with van der Waals surface area (Å²) >= 11 is 0. The number of fused-ring (bicyclic) bond motifs is 1. The number of para-hydroxylation sites is 2. The van der Waals surface area contributed by atoms with Crippen molar-refractivity contribution in [2.24, 2.45) is 0 Å². The van der Waals surface area contributed by atoms with Crippen molar-refractivity contribution in [1.29, 1.82) is 0 Å². The van der Waals surface area contributed by atoms with Gasteiger partial charge >= 0.3 is 0 Å². The van der Waals surface area contributed by atoms with Gasteiger partial charge in [-0.2, -0.15) is 0 Å². The first-order valence-electron chi connectivity index (χ1n) is 13.1. The van der Waals surface area contributed by atoms with Crippen molar-refractivity contribution >= 4 is 11.0 Å². The number of allylic oxidation sites excluding steroid dienone is 1. The van der Waals surface area contributed by atoms with Crippen LogP contribution in [0.2, 0.25) is 0 Å². The third-order valence-electron chi connectivity index (χ3n) is 6.43. The minimum atomic E-state index is 0.420. The molecule has 0 bridgehead atoms. The molecule has 3 aromatic rings. The van der Waals surface area contributed by atoms with Gasteiger partial charge in [0.05, 0.1) is 18.1 Å². The number of imidazole rings is 1. The Bertz CT molecular complexity index is 1010. The van der Waals surface area contributed by atoms with Crippen molar-refractivity contribution in [3.8, 4) is 11.5 Å². The van der Waals surface area contributed by atoms with Crippen molar-refractivity contribution in [2.75, 3.05) is 7.11 Å². The second-order valence-corrected chi connectivity index (χ2v) is 9.12. The van der Waals surface area contributed by atoms with Crippen LogP contribution in [0.1, 0.15) is 82.5 Å². The summed E-state index contributed by atoms with van der Waals surface area (Å²) in [5.41, 5.74) is 3.37. The van der Waals surface area contributed by atoms with Gasteiger partial charge in [-0.3, -0.25) is 0 Å². The van der Waals surface area contributed by atoms with E-state index >= 15 is 0 Å². The zero-order chi connectivity index (χ0) is 24.0. The monoisotopic (exact) mass is 462 g/mol. The van der Waals surface area contributed by atoms with Crippen LogP contribution in [-0.4, -0.2) is 16.7 Å². The molecular formula is C30H42N2O2. The lowest BCUT2D eigenvalue weighted by molar-refractivity contribution is 0.271. The maximum atomic E-state index is 6.18. The topological polar surface area (TPSA) is 36.3 Å². The number of methoxy groups -OCH3 is 1. The summed E-state index contributed by atoms with van der Waals surface area (Å²) < 4.78 is 14.1. The highest BCUT2D eigenvalue weighted by Gasteiger charge is 2.13. The summed E-state index contributed by atoms with van der Waals surface area (Å²) in [5, 5.41) is 0. The molecule has 0 N–H and O–H groups in total. The van der Waals surface area contributed by atoms with Gasteiger partial charge in [-0.25, -0.2) is 4.98 Å². The van der Waals surface area contributed by atoms with Crippen LogP contribution < -0.4 is 9.47 Å². The molecule has 0 atom stereocenters. The number of aromatic nitrogens is 2. The van der Waals surface area contributed by atoms with Crippen molar-refractivity contribution in [3.63, 3.8) is 0 Å². The molecule has 4 nitrogen and oxygen atoms in total. The Labute approximate surface area is 206 Å². The molecule has 1 aromatic heterocycles. The summed E-state index contributed by atoms with van der Waals surface area (Å²) in [6.07, 6.45) is 16.1. The van der Waals surface area contributed by atoms with Crippen LogP contribution in [-0.2, 0) is 19.6 Å². The standard InChI is InChI=1S/C30H42N2O2/c1-4-6-7-8-9-10-11-12-13-16-22-32-27-19-15-14-18-26(27)31-30(32)24-34-28-21-20-25(17-5-2)23-29(28)33-3/h5,14-15,18-21,23H,2,4,6-13,16-17,22,24H2,1,3H3. The lowest BCUT2D eigenvalue weighted by Gasteiger charge is -2.13. The van der Waals surface area contributed by atoms with Gasteiger partial charge in [-0.1, -0.05) is 89.0 Å². The van der Waals surface area contributed by atoms with Crippen LogP contribution in [0, 0.1) is 0 Å². The smallest absolute Gasteiger partial charge is 0.161 e. The lowest BCUT2D eigenvalue weighted by atomic mass is 10.1. The van der Waals surface area contributed by atoms with Gasteiger partial charge in [-0.05, 0) is 42.7 Å². The van der Waals surface area contributed by atoms with E-state index in [1.54, 1.807) is 7.11 Å². The highest BCUT2D eigenvalue weighted by Crippen LogP contribution is 2.29. The van der Waals surface area contributed by atoms with E-state index in [1.807, 2.05) is 24.3 Å². The normalized spacial score (nSPS) is 11.1. The van der Waals surface area contributed by atoms with Crippen LogP contribution in [0.4, 0.5) is 0 Å². The number of aryl methyl sites for hydroxylation is 1. The van der Waals surface area contributed by atoms with Crippen LogP contribution >= 0.6 is 0 Å². The number of ether oxygens (including phenoxy) is 2. The molecule has 4 heteroatoms. The first kappa shape index (κ1) is 25.9. The minimum absolute atomic E-state index is 0.420. The van der Waals surface area contributed by atoms with E-state index in [0.717, 1.165) is 41.4 Å². The summed E-state index contributed by atoms with van der Waals surface area (Å²) in [6.45, 7) is 7.49. The Morgan fingerprint density at radius 3 is 2.29 bits per heavy atom. The van der Waals surface area contributed by atoms with Gasteiger partial charge in [0.1, 0.15) is 12.4 Å². The van der Waals surface area contributed by atoms with Crippen molar-refractivity contribution in [2.45, 2.75) is 90.7 Å². The predicted octanol–water partition coefficient (Wildman–Crippen LogP) is 8.27. The number of hydrogen-bond donors (Lipinski definition) is 0. The molecule has 2 aromatic carbocycles. The lowest BCUT2D eigenvalue weighted by Crippen LogP contribution is -2.08. The quantitative estimate of drug-likeness (QED) is 0.150. The zero-order valence-corrected chi connectivity index (χ0v) is 21.2. The first-order valence-corrected chi connectivity index (χ1v) is 13.1. The van der Waals surface area contributed by atoms with Crippen LogP contribution in [0.3, 0.4) is 0 Å². The van der Waals surface area contributed by atoms with Crippen LogP contribution in [0.5, 0.6) is 11.5 Å². The fourth-order valence-electron chi connectivity index (χ4n) is 4.51. The molecular weight excluding hydrogens is 420 g/mol. The average Bonchev–Trinajstić information content (AvgIpc) is 3.21. The van der Waals surface area contributed by atoms with Crippen molar-refractivity contribution in [3.05, 3.63) is 66.5 Å². The second-order valence-electron chi connectivity index (χ2n) is 9.12. The summed E-state index contributed by atoms with van der Waals surface area (Å²) in [4.78, 5) is 4.88. The van der Waals surface area contributed by atoms with E-state index < -0.39 is 0 Å². The Hall–Kier alpha value is -2.75. The third-order valence-corrected chi connectivity index (χ3v) is 6.43. The van der Waals surface area contributed by atoms with E-state index in [-0.39, 0.29) is 0 Å². The van der Waals surface area contributed by atoms with E-state index in [4.69, 9.17) is 14.5 Å². The van der Waals surface area contributed by atoms with Crippen molar-refractivity contribution in [1.82, 2.24) is 9.55 Å². The Morgan fingerprint density at radius 2 is 1.59 bits per heavy atom. The summed E-state index contributed by atoms with van der Waals surface area (Å²) in [7, 11) is 1.68. The molecule has 0 amide bonds. The van der Waals surface area contributed by atoms with E-state index in [0.29, 0.717) is 6.61 Å². The molecule has 0 fully saturated rings. The van der Waals surface area contributed by atoms with Gasteiger partial charge in [0.25, 0.3) is 0 Å². The maximum absolute atomic E-state index is 6.18. The maximum Gasteiger partial charge on any atom is 0.161 e. The fourth-order valence-corrected chi connectivity index (χ4v) is 4.51. The largest absolute Gasteiger partial charge is 0.493 e. The SMILES string of the molecule is C=CCc1ccc(OCc2nc3ccccc3n2CCCCCCCCCCCC)c(OC)c1. The van der Waals surface area contributed by atoms with Gasteiger partial charge in [0.2, 0.25) is 0 Å². The molecule has 184 valence electrons. The Morgan fingerprint density at radius 1 is 0.882 bits per heavy atom. The number of rotatable bonds is 17. The predicted molar refractivity (Wildman–Crippen MR) is 143 cm³/mol. The summed E-state index contributed by atoms with van der Waals surface area (Å²) in [6, 6.07) is 14.4. The molecule has 34 heavy (non-hydrogen) atoms. The number of unbranched alkanes of at least 4 members (excludes halogenated alkanes) is 9. The van der Waals surface area contributed by atoms with Gasteiger partial charge in [0.15, 0.2) is 11.5 Å². The molecule has 0 aliphatic carbocycles. The van der Waals surface area contributed by atoms with E-state index in [9.17, 15) is 0 Å². The molecule has 0 radical (unpaired) electrons. The Balaban J connectivity index is 1.55. The number of nitrogens with zero attached hydrogens (tertiary/aromatic N) is 2. The van der Waals surface area contributed by atoms with Crippen molar-refractivity contribution < 1.29 is 9.47 Å².